The first-order chi connectivity index (χ1) is 19.3. The number of carbonyl (C=O) groups is 2. The van der Waals surface area contributed by atoms with Crippen LogP contribution in [-0.2, 0) is 14.3 Å². The highest BCUT2D eigenvalue weighted by Gasteiger charge is 2.80. The Balaban J connectivity index is 1.22. The van der Waals surface area contributed by atoms with Crippen molar-refractivity contribution < 1.29 is 19.1 Å². The molecule has 3 fully saturated rings. The zero-order chi connectivity index (χ0) is 27.9. The molecule has 1 N–H and O–H groups in total. The summed E-state index contributed by atoms with van der Waals surface area (Å²) >= 11 is 0. The summed E-state index contributed by atoms with van der Waals surface area (Å²) < 4.78 is 12.7. The monoisotopic (exact) mass is 535 g/mol. The van der Waals surface area contributed by atoms with Gasteiger partial charge in [-0.25, -0.2) is 4.90 Å². The number of rotatable bonds is 6. The number of H-pyrrole nitrogens is 1. The number of imide groups is 1. The van der Waals surface area contributed by atoms with Crippen molar-refractivity contribution in [3.8, 4) is 11.9 Å². The van der Waals surface area contributed by atoms with Gasteiger partial charge in [0, 0.05) is 17.2 Å². The van der Waals surface area contributed by atoms with Crippen LogP contribution >= 0.6 is 0 Å². The van der Waals surface area contributed by atoms with Crippen LogP contribution in [0.3, 0.4) is 0 Å². The van der Waals surface area contributed by atoms with Gasteiger partial charge in [0.25, 0.3) is 0 Å². The van der Waals surface area contributed by atoms with Gasteiger partial charge >= 0.3 is 0 Å². The van der Waals surface area contributed by atoms with E-state index in [1.165, 1.54) is 4.90 Å². The third-order valence-electron chi connectivity index (χ3n) is 9.33. The molecule has 10 heteroatoms. The number of hydrogen-bond donors (Lipinski definition) is 1. The van der Waals surface area contributed by atoms with E-state index in [1.54, 1.807) is 30.3 Å². The Morgan fingerprint density at radius 3 is 2.70 bits per heavy atom. The normalized spacial score (nSPS) is 28.8. The Morgan fingerprint density at radius 1 is 1.12 bits per heavy atom. The van der Waals surface area contributed by atoms with Crippen LogP contribution < -0.4 is 9.64 Å². The molecule has 3 aliphatic heterocycles. The van der Waals surface area contributed by atoms with E-state index >= 15 is 0 Å². The number of amides is 2. The second kappa shape index (κ2) is 8.19. The summed E-state index contributed by atoms with van der Waals surface area (Å²) in [5, 5.41) is 21.7. The molecule has 1 aromatic heterocycles. The molecule has 4 atom stereocenters. The summed E-state index contributed by atoms with van der Waals surface area (Å²) in [6.07, 6.45) is 1.66. The molecular weight excluding hydrogens is 510 g/mol. The fraction of sp³-hybridized carbons (Fsp3) is 0.333. The number of nitrogens with one attached hydrogen (secondary N) is 1. The molecule has 3 aliphatic rings. The fourth-order valence-electron chi connectivity index (χ4n) is 7.43. The maximum atomic E-state index is 14.3. The Hall–Kier alpha value is -4.62. The van der Waals surface area contributed by atoms with Crippen LogP contribution in [0.25, 0.3) is 21.7 Å². The minimum atomic E-state index is -1.09. The third kappa shape index (κ3) is 2.98. The summed E-state index contributed by atoms with van der Waals surface area (Å²) in [5.74, 6) is -0.829. The molecule has 0 aliphatic carbocycles. The van der Waals surface area contributed by atoms with Gasteiger partial charge in [0.15, 0.2) is 0 Å². The van der Waals surface area contributed by atoms with Gasteiger partial charge in [0.1, 0.15) is 5.69 Å². The number of ether oxygens (including phenoxy) is 2. The maximum Gasteiger partial charge on any atom is 0.243 e. The fourth-order valence-corrected chi connectivity index (χ4v) is 7.43. The van der Waals surface area contributed by atoms with Crippen LogP contribution in [0.4, 0.5) is 11.4 Å². The van der Waals surface area contributed by atoms with Crippen LogP contribution in [0.15, 0.2) is 59.8 Å². The quantitative estimate of drug-likeness (QED) is 0.262. The number of nitrogens with zero attached hydrogens (tertiary/aromatic N) is 4. The van der Waals surface area contributed by atoms with Crippen molar-refractivity contribution in [1.82, 2.24) is 10.2 Å². The van der Waals surface area contributed by atoms with Crippen LogP contribution in [-0.4, -0.2) is 39.8 Å². The Labute approximate surface area is 228 Å². The number of fused-ring (bicyclic) bond motifs is 7. The maximum absolute atomic E-state index is 14.3. The van der Waals surface area contributed by atoms with E-state index in [4.69, 9.17) is 9.47 Å². The smallest absolute Gasteiger partial charge is 0.243 e. The van der Waals surface area contributed by atoms with E-state index in [2.05, 4.69) is 21.4 Å². The lowest BCUT2D eigenvalue weighted by Crippen LogP contribution is -2.52. The largest absolute Gasteiger partial charge is 0.476 e. The highest BCUT2D eigenvalue weighted by Crippen LogP contribution is 2.68. The molecule has 7 rings (SSSR count). The van der Waals surface area contributed by atoms with E-state index in [9.17, 15) is 19.8 Å². The molecule has 10 nitrogen and oxygen atoms in total. The van der Waals surface area contributed by atoms with Crippen molar-refractivity contribution in [2.45, 2.75) is 44.3 Å². The summed E-state index contributed by atoms with van der Waals surface area (Å²) in [4.78, 5) is 40.6. The van der Waals surface area contributed by atoms with Gasteiger partial charge in [-0.15, -0.1) is 10.0 Å². The van der Waals surface area contributed by atoms with Crippen molar-refractivity contribution >= 4 is 44.9 Å². The molecule has 2 unspecified atom stereocenters. The van der Waals surface area contributed by atoms with E-state index in [1.807, 2.05) is 38.1 Å². The second-order valence-corrected chi connectivity index (χ2v) is 11.3. The number of aromatic nitrogens is 2. The summed E-state index contributed by atoms with van der Waals surface area (Å²) in [6.45, 7) is 4.00. The highest BCUT2D eigenvalue weighted by atomic mass is 16.5. The Bertz CT molecular complexity index is 1810. The standard InChI is InChI=1S/C30H25N5O5/c1-28-11-12-30(40-28,13-14-39-25-21-9-8-18(34-38)15-22(21)32-33-25)29(2)24(28)26(36)35(27(29)37)23-10-7-17(16-31)19-5-3-4-6-20(19)23/h3-10,15,24H,11-14H2,1-2H3,(H,32,33)/t24-,28?,29+,30?/m1/s1. The highest BCUT2D eigenvalue weighted by molar-refractivity contribution is 6.27. The molecule has 2 bridgehead atoms. The van der Waals surface area contributed by atoms with E-state index < -0.39 is 22.5 Å². The molecule has 0 saturated carbocycles. The van der Waals surface area contributed by atoms with Gasteiger partial charge in [-0.05, 0) is 62.2 Å². The zero-order valence-corrected chi connectivity index (χ0v) is 21.9. The summed E-state index contributed by atoms with van der Waals surface area (Å²) in [7, 11) is 0. The molecule has 0 spiro atoms. The molecule has 4 aromatic rings. The van der Waals surface area contributed by atoms with Crippen LogP contribution in [0.5, 0.6) is 5.88 Å². The number of aromatic amines is 1. The van der Waals surface area contributed by atoms with Gasteiger partial charge in [0.2, 0.25) is 17.7 Å². The van der Waals surface area contributed by atoms with Crippen molar-refractivity contribution in [3.05, 3.63) is 65.1 Å². The van der Waals surface area contributed by atoms with Crippen LogP contribution in [0.2, 0.25) is 0 Å². The zero-order valence-electron chi connectivity index (χ0n) is 21.9. The molecule has 0 radical (unpaired) electrons. The third-order valence-corrected chi connectivity index (χ3v) is 9.33. The molecule has 3 aromatic carbocycles. The first kappa shape index (κ1) is 24.4. The summed E-state index contributed by atoms with van der Waals surface area (Å²) in [6, 6.07) is 17.8. The van der Waals surface area contributed by atoms with Crippen molar-refractivity contribution in [1.29, 1.82) is 5.26 Å². The van der Waals surface area contributed by atoms with E-state index in [0.29, 0.717) is 58.1 Å². The Kier molecular flexibility index (Phi) is 5.00. The molecule has 3 saturated heterocycles. The number of hydrogen-bond acceptors (Lipinski definition) is 8. The average Bonchev–Trinajstić information content (AvgIpc) is 3.64. The predicted molar refractivity (Wildman–Crippen MR) is 146 cm³/mol. The van der Waals surface area contributed by atoms with E-state index in [0.717, 1.165) is 0 Å². The number of benzene rings is 3. The molecule has 200 valence electrons. The SMILES string of the molecule is CC12CCC(CCOc3n[nH]c4cc(N=O)ccc34)(O1)[C@]1(C)C(=O)N(c3ccc(C#N)c4ccccc34)C(=O)[C@H]21. The van der Waals surface area contributed by atoms with Gasteiger partial charge in [0.05, 0.1) is 57.4 Å². The Morgan fingerprint density at radius 2 is 1.93 bits per heavy atom. The average molecular weight is 536 g/mol. The number of anilines is 1. The lowest BCUT2D eigenvalue weighted by molar-refractivity contribution is -0.138. The molecule has 40 heavy (non-hydrogen) atoms. The van der Waals surface area contributed by atoms with Crippen molar-refractivity contribution in [3.63, 3.8) is 0 Å². The van der Waals surface area contributed by atoms with Crippen LogP contribution in [0.1, 0.15) is 38.7 Å². The minimum absolute atomic E-state index is 0.216. The molecular formula is C30H25N5O5. The van der Waals surface area contributed by atoms with Gasteiger partial charge < -0.3 is 9.47 Å². The lowest BCUT2D eigenvalue weighted by Gasteiger charge is -2.40. The predicted octanol–water partition coefficient (Wildman–Crippen LogP) is 5.27. The van der Waals surface area contributed by atoms with E-state index in [-0.39, 0.29) is 24.1 Å². The first-order valence-electron chi connectivity index (χ1n) is 13.2. The van der Waals surface area contributed by atoms with Gasteiger partial charge in [-0.3, -0.25) is 14.7 Å². The van der Waals surface area contributed by atoms with Crippen molar-refractivity contribution in [2.24, 2.45) is 16.5 Å². The summed E-state index contributed by atoms with van der Waals surface area (Å²) in [5.41, 5.74) is -0.875. The number of carbonyl (C=O) groups excluding carboxylic acids is 2. The van der Waals surface area contributed by atoms with Crippen molar-refractivity contribution in [2.75, 3.05) is 11.5 Å². The second-order valence-electron chi connectivity index (χ2n) is 11.3. The number of nitroso groups, excluding NO2 is 1. The topological polar surface area (TPSA) is 138 Å². The van der Waals surface area contributed by atoms with Crippen LogP contribution in [0, 0.1) is 27.6 Å². The minimum Gasteiger partial charge on any atom is -0.476 e. The lowest BCUT2D eigenvalue weighted by atomic mass is 9.58. The molecule has 2 amide bonds. The number of nitriles is 1. The molecule has 4 heterocycles. The first-order valence-corrected chi connectivity index (χ1v) is 13.2. The van der Waals surface area contributed by atoms with Gasteiger partial charge in [-0.1, -0.05) is 24.3 Å². The van der Waals surface area contributed by atoms with Gasteiger partial charge in [-0.2, -0.15) is 5.26 Å².